The summed E-state index contributed by atoms with van der Waals surface area (Å²) in [4.78, 5) is 0.305. The van der Waals surface area contributed by atoms with Gasteiger partial charge in [0.15, 0.2) is 0 Å². The quantitative estimate of drug-likeness (QED) is 0.911. The van der Waals surface area contributed by atoms with Gasteiger partial charge in [-0.05, 0) is 36.6 Å². The summed E-state index contributed by atoms with van der Waals surface area (Å²) in [6.45, 7) is 2.43. The maximum Gasteiger partial charge on any atom is 0.240 e. The first-order valence-corrected chi connectivity index (χ1v) is 7.67. The van der Waals surface area contributed by atoms with E-state index in [1.165, 1.54) is 11.1 Å². The highest BCUT2D eigenvalue weighted by atomic mass is 32.2. The summed E-state index contributed by atoms with van der Waals surface area (Å²) in [7, 11) is -3.39. The minimum atomic E-state index is -3.39. The molecule has 0 spiro atoms. The third-order valence-electron chi connectivity index (χ3n) is 3.00. The maximum absolute atomic E-state index is 12.0. The van der Waals surface area contributed by atoms with Gasteiger partial charge in [-0.25, -0.2) is 13.1 Å². The molecule has 1 N–H and O–H groups in total. The van der Waals surface area contributed by atoms with Crippen LogP contribution in [0.4, 0.5) is 0 Å². The fourth-order valence-corrected chi connectivity index (χ4v) is 2.95. The van der Waals surface area contributed by atoms with Crippen LogP contribution in [0.15, 0.2) is 59.5 Å². The van der Waals surface area contributed by atoms with E-state index in [1.807, 2.05) is 31.2 Å². The Balaban J connectivity index is 1.98. The highest BCUT2D eigenvalue weighted by Crippen LogP contribution is 2.09. The van der Waals surface area contributed by atoms with E-state index >= 15 is 0 Å². The molecule has 2 aromatic rings. The monoisotopic (exact) mass is 275 g/mol. The van der Waals surface area contributed by atoms with Crippen molar-refractivity contribution in [1.82, 2.24) is 4.72 Å². The largest absolute Gasteiger partial charge is 0.240 e. The molecule has 0 aliphatic rings. The van der Waals surface area contributed by atoms with Crippen LogP contribution in [0.2, 0.25) is 0 Å². The lowest BCUT2D eigenvalue weighted by molar-refractivity contribution is 0.581. The molecule has 0 aliphatic heterocycles. The fourth-order valence-electron chi connectivity index (χ4n) is 1.89. The van der Waals surface area contributed by atoms with Crippen LogP contribution in [0.25, 0.3) is 0 Å². The zero-order valence-electron chi connectivity index (χ0n) is 10.8. The zero-order valence-corrected chi connectivity index (χ0v) is 11.7. The summed E-state index contributed by atoms with van der Waals surface area (Å²) in [5, 5.41) is 0. The first-order chi connectivity index (χ1) is 9.09. The van der Waals surface area contributed by atoms with E-state index in [9.17, 15) is 8.42 Å². The van der Waals surface area contributed by atoms with Gasteiger partial charge in [-0.15, -0.1) is 0 Å². The van der Waals surface area contributed by atoms with Crippen molar-refractivity contribution in [3.63, 3.8) is 0 Å². The topological polar surface area (TPSA) is 46.2 Å². The van der Waals surface area contributed by atoms with Crippen molar-refractivity contribution in [2.75, 3.05) is 6.54 Å². The second-order valence-corrected chi connectivity index (χ2v) is 6.15. The summed E-state index contributed by atoms with van der Waals surface area (Å²) < 4.78 is 26.6. The van der Waals surface area contributed by atoms with Crippen molar-refractivity contribution in [1.29, 1.82) is 0 Å². The van der Waals surface area contributed by atoms with Gasteiger partial charge in [0.2, 0.25) is 10.0 Å². The molecule has 0 radical (unpaired) electrons. The Morgan fingerprint density at radius 2 is 1.58 bits per heavy atom. The molecule has 0 amide bonds. The first-order valence-electron chi connectivity index (χ1n) is 6.19. The van der Waals surface area contributed by atoms with Gasteiger partial charge in [0.25, 0.3) is 0 Å². The number of benzene rings is 2. The van der Waals surface area contributed by atoms with Crippen LogP contribution < -0.4 is 4.72 Å². The molecule has 0 fully saturated rings. The number of rotatable bonds is 5. The molecule has 0 atom stereocenters. The molecule has 0 aromatic heterocycles. The van der Waals surface area contributed by atoms with Crippen molar-refractivity contribution >= 4 is 10.0 Å². The molecule has 3 nitrogen and oxygen atoms in total. The highest BCUT2D eigenvalue weighted by molar-refractivity contribution is 7.89. The van der Waals surface area contributed by atoms with Gasteiger partial charge < -0.3 is 0 Å². The second-order valence-electron chi connectivity index (χ2n) is 4.39. The van der Waals surface area contributed by atoms with Crippen LogP contribution in [0.3, 0.4) is 0 Å². The van der Waals surface area contributed by atoms with E-state index in [-0.39, 0.29) is 0 Å². The molecule has 0 unspecified atom stereocenters. The Hall–Kier alpha value is -1.65. The standard InChI is InChI=1S/C15H17NO2S/c1-13-7-5-6-8-14(13)11-12-16-19(17,18)15-9-3-2-4-10-15/h2-10,16H,11-12H2,1H3. The molecule has 0 bridgehead atoms. The average molecular weight is 275 g/mol. The average Bonchev–Trinajstić information content (AvgIpc) is 2.42. The Bertz CT molecular complexity index is 636. The summed E-state index contributed by atoms with van der Waals surface area (Å²) in [5.74, 6) is 0. The molecule has 0 saturated heterocycles. The van der Waals surface area contributed by atoms with Gasteiger partial charge in [0.1, 0.15) is 0 Å². The molecular formula is C15H17NO2S. The Morgan fingerprint density at radius 3 is 2.26 bits per heavy atom. The Morgan fingerprint density at radius 1 is 0.947 bits per heavy atom. The zero-order chi connectivity index (χ0) is 13.7. The SMILES string of the molecule is Cc1ccccc1CCNS(=O)(=O)c1ccccc1. The van der Waals surface area contributed by atoms with Crippen molar-refractivity contribution < 1.29 is 8.42 Å². The van der Waals surface area contributed by atoms with Crippen LogP contribution in [0.1, 0.15) is 11.1 Å². The minimum Gasteiger partial charge on any atom is -0.211 e. The van der Waals surface area contributed by atoms with Crippen LogP contribution in [-0.4, -0.2) is 15.0 Å². The number of hydrogen-bond acceptors (Lipinski definition) is 2. The maximum atomic E-state index is 12.0. The van der Waals surface area contributed by atoms with E-state index in [4.69, 9.17) is 0 Å². The number of nitrogens with one attached hydrogen (secondary N) is 1. The first kappa shape index (κ1) is 13.8. The minimum absolute atomic E-state index is 0.305. The smallest absolute Gasteiger partial charge is 0.211 e. The van der Waals surface area contributed by atoms with Gasteiger partial charge in [-0.2, -0.15) is 0 Å². The molecule has 2 aromatic carbocycles. The highest BCUT2D eigenvalue weighted by Gasteiger charge is 2.12. The predicted octanol–water partition coefficient (Wildman–Crippen LogP) is 2.52. The van der Waals surface area contributed by atoms with E-state index in [0.29, 0.717) is 17.9 Å². The van der Waals surface area contributed by atoms with Crippen LogP contribution in [0.5, 0.6) is 0 Å². The third kappa shape index (κ3) is 3.66. The van der Waals surface area contributed by atoms with E-state index < -0.39 is 10.0 Å². The number of sulfonamides is 1. The lowest BCUT2D eigenvalue weighted by Crippen LogP contribution is -2.26. The van der Waals surface area contributed by atoms with Gasteiger partial charge in [-0.1, -0.05) is 42.5 Å². The van der Waals surface area contributed by atoms with Crippen LogP contribution in [0, 0.1) is 6.92 Å². The third-order valence-corrected chi connectivity index (χ3v) is 4.48. The molecule has 0 saturated carbocycles. The van der Waals surface area contributed by atoms with Gasteiger partial charge in [0, 0.05) is 6.54 Å². The van der Waals surface area contributed by atoms with Gasteiger partial charge in [-0.3, -0.25) is 0 Å². The number of aryl methyl sites for hydroxylation is 1. The predicted molar refractivity (Wildman–Crippen MR) is 76.5 cm³/mol. The number of hydrogen-bond donors (Lipinski definition) is 1. The lowest BCUT2D eigenvalue weighted by atomic mass is 10.1. The molecule has 100 valence electrons. The van der Waals surface area contributed by atoms with Gasteiger partial charge in [0.05, 0.1) is 4.90 Å². The van der Waals surface area contributed by atoms with Crippen LogP contribution >= 0.6 is 0 Å². The van der Waals surface area contributed by atoms with E-state index in [2.05, 4.69) is 4.72 Å². The molecule has 4 heteroatoms. The Kier molecular flexibility index (Phi) is 4.35. The molecule has 0 aliphatic carbocycles. The lowest BCUT2D eigenvalue weighted by Gasteiger charge is -2.08. The van der Waals surface area contributed by atoms with E-state index in [0.717, 1.165) is 0 Å². The summed E-state index contributed by atoms with van der Waals surface area (Å²) in [6, 6.07) is 16.4. The fraction of sp³-hybridized carbons (Fsp3) is 0.200. The molecular weight excluding hydrogens is 258 g/mol. The van der Waals surface area contributed by atoms with Crippen molar-refractivity contribution in [2.24, 2.45) is 0 Å². The van der Waals surface area contributed by atoms with Crippen LogP contribution in [-0.2, 0) is 16.4 Å². The summed E-state index contributed by atoms with van der Waals surface area (Å²) in [6.07, 6.45) is 0.693. The van der Waals surface area contributed by atoms with Crippen molar-refractivity contribution in [3.05, 3.63) is 65.7 Å². The second kappa shape index (κ2) is 5.99. The van der Waals surface area contributed by atoms with E-state index in [1.54, 1.807) is 30.3 Å². The van der Waals surface area contributed by atoms with Gasteiger partial charge >= 0.3 is 0 Å². The molecule has 0 heterocycles. The van der Waals surface area contributed by atoms with Crippen molar-refractivity contribution in [2.45, 2.75) is 18.2 Å². The molecule has 19 heavy (non-hydrogen) atoms. The van der Waals surface area contributed by atoms with Crippen molar-refractivity contribution in [3.8, 4) is 0 Å². The normalized spacial score (nSPS) is 11.4. The molecule has 2 rings (SSSR count). The Labute approximate surface area is 114 Å². The summed E-state index contributed by atoms with van der Waals surface area (Å²) >= 11 is 0. The summed E-state index contributed by atoms with van der Waals surface area (Å²) in [5.41, 5.74) is 2.35.